The van der Waals surface area contributed by atoms with Gasteiger partial charge in [-0.2, -0.15) is 13.2 Å². The maximum atomic E-state index is 12.0. The third kappa shape index (κ3) is 3.46. The van der Waals surface area contributed by atoms with Gasteiger partial charge >= 0.3 is 25.0 Å². The van der Waals surface area contributed by atoms with E-state index in [1.807, 2.05) is 0 Å². The van der Waals surface area contributed by atoms with Gasteiger partial charge in [0, 0.05) is 0 Å². The molecule has 14 heavy (non-hydrogen) atoms. The van der Waals surface area contributed by atoms with Crippen LogP contribution in [0.5, 0.6) is 0 Å². The predicted octanol–water partition coefficient (Wildman–Crippen LogP) is -0.597. The van der Waals surface area contributed by atoms with Gasteiger partial charge in [-0.05, 0) is 24.3 Å². The molecule has 0 aliphatic heterocycles. The molecule has 1 aromatic carbocycles. The summed E-state index contributed by atoms with van der Waals surface area (Å²) in [7, 11) is 0. The predicted molar refractivity (Wildman–Crippen MR) is 41.6 cm³/mol. The summed E-state index contributed by atoms with van der Waals surface area (Å²) < 4.78 is 54.8. The van der Waals surface area contributed by atoms with Crippen molar-refractivity contribution in [2.75, 3.05) is 0 Å². The third-order valence-electron chi connectivity index (χ3n) is 1.38. The van der Waals surface area contributed by atoms with E-state index in [-0.39, 0.29) is 25.2 Å². The summed E-state index contributed by atoms with van der Waals surface area (Å²) in [5.74, 6) is 0. The molecule has 0 saturated heterocycles. The number of rotatable bonds is 1. The second kappa shape index (κ2) is 4.98. The SMILES string of the molecule is O=S(O)c1ccc(C(F)(F)F)cc1.[H-].[Li+]. The number of halogens is 3. The van der Waals surface area contributed by atoms with Crippen LogP contribution in [0.3, 0.4) is 0 Å². The fourth-order valence-electron chi connectivity index (χ4n) is 0.760. The Morgan fingerprint density at radius 1 is 1.21 bits per heavy atom. The first-order valence-electron chi connectivity index (χ1n) is 3.19. The molecule has 7 heteroatoms. The topological polar surface area (TPSA) is 37.3 Å². The van der Waals surface area contributed by atoms with E-state index >= 15 is 0 Å². The van der Waals surface area contributed by atoms with Crippen LogP contribution >= 0.6 is 0 Å². The summed E-state index contributed by atoms with van der Waals surface area (Å²) in [5, 5.41) is 0. The molecule has 1 atom stereocenters. The van der Waals surface area contributed by atoms with Crippen molar-refractivity contribution in [3.63, 3.8) is 0 Å². The van der Waals surface area contributed by atoms with E-state index in [4.69, 9.17) is 4.55 Å². The standard InChI is InChI=1S/C7H5F3O2S.Li.H/c8-7(9,10)5-1-3-6(4-2-5)13(11)12;;/h1-4H,(H,11,12);;/q;+1;-1. The molecule has 74 valence electrons. The van der Waals surface area contributed by atoms with Crippen LogP contribution in [-0.2, 0) is 17.3 Å². The van der Waals surface area contributed by atoms with Gasteiger partial charge in [-0.1, -0.05) is 0 Å². The quantitative estimate of drug-likeness (QED) is 0.505. The molecule has 0 fully saturated rings. The molecule has 0 bridgehead atoms. The van der Waals surface area contributed by atoms with E-state index in [1.54, 1.807) is 0 Å². The van der Waals surface area contributed by atoms with Crippen molar-refractivity contribution in [2.24, 2.45) is 0 Å². The normalized spacial score (nSPS) is 13.1. The van der Waals surface area contributed by atoms with Gasteiger partial charge in [0.25, 0.3) is 0 Å². The zero-order chi connectivity index (χ0) is 10.1. The summed E-state index contributed by atoms with van der Waals surface area (Å²) in [6.07, 6.45) is -4.41. The first-order valence-corrected chi connectivity index (χ1v) is 4.30. The summed E-state index contributed by atoms with van der Waals surface area (Å²) in [6, 6.07) is 3.48. The van der Waals surface area contributed by atoms with Crippen LogP contribution in [0.4, 0.5) is 13.2 Å². The average molecular weight is 218 g/mol. The Labute approximate surface area is 94.5 Å². The second-order valence-corrected chi connectivity index (χ2v) is 3.24. The van der Waals surface area contributed by atoms with E-state index < -0.39 is 22.8 Å². The van der Waals surface area contributed by atoms with Crippen LogP contribution in [0.2, 0.25) is 0 Å². The Kier molecular flexibility index (Phi) is 4.88. The number of benzene rings is 1. The minimum atomic E-state index is -4.41. The van der Waals surface area contributed by atoms with Crippen LogP contribution in [-0.4, -0.2) is 8.76 Å². The van der Waals surface area contributed by atoms with Crippen molar-refractivity contribution in [1.82, 2.24) is 0 Å². The fourth-order valence-corrected chi connectivity index (χ4v) is 1.13. The van der Waals surface area contributed by atoms with E-state index in [0.29, 0.717) is 0 Å². The molecule has 1 N–H and O–H groups in total. The maximum absolute atomic E-state index is 12.0. The maximum Gasteiger partial charge on any atom is 1.00 e. The number of hydrogen-bond acceptors (Lipinski definition) is 1. The van der Waals surface area contributed by atoms with Crippen molar-refractivity contribution < 1.29 is 42.2 Å². The average Bonchev–Trinajstić information content (AvgIpc) is 2.03. The molecular formula is C7H6F3LiO2S. The Balaban J connectivity index is 0. The van der Waals surface area contributed by atoms with Gasteiger partial charge in [-0.25, -0.2) is 4.21 Å². The van der Waals surface area contributed by atoms with Crippen molar-refractivity contribution in [3.05, 3.63) is 29.8 Å². The van der Waals surface area contributed by atoms with Gasteiger partial charge in [0.05, 0.1) is 10.5 Å². The molecule has 0 amide bonds. The van der Waals surface area contributed by atoms with Crippen LogP contribution in [0.25, 0.3) is 0 Å². The van der Waals surface area contributed by atoms with Gasteiger partial charge in [0.1, 0.15) is 0 Å². The minimum absolute atomic E-state index is 0. The van der Waals surface area contributed by atoms with E-state index in [2.05, 4.69) is 0 Å². The Morgan fingerprint density at radius 2 is 1.64 bits per heavy atom. The smallest absolute Gasteiger partial charge is 1.00 e. The number of alkyl halides is 3. The fraction of sp³-hybridized carbons (Fsp3) is 0.143. The molecule has 0 saturated carbocycles. The first-order chi connectivity index (χ1) is 5.91. The van der Waals surface area contributed by atoms with Gasteiger partial charge in [-0.15, -0.1) is 0 Å². The Morgan fingerprint density at radius 3 is 1.93 bits per heavy atom. The molecule has 0 aromatic heterocycles. The molecular weight excluding hydrogens is 212 g/mol. The van der Waals surface area contributed by atoms with E-state index in [9.17, 15) is 17.4 Å². The molecule has 0 aliphatic rings. The largest absolute Gasteiger partial charge is 1.00 e. The molecule has 1 rings (SSSR count). The summed E-state index contributed by atoms with van der Waals surface area (Å²) in [4.78, 5) is -0.0481. The molecule has 1 aromatic rings. The molecule has 0 spiro atoms. The van der Waals surface area contributed by atoms with Crippen LogP contribution in [0.15, 0.2) is 29.2 Å². The van der Waals surface area contributed by atoms with Gasteiger partial charge in [-0.3, -0.25) is 0 Å². The van der Waals surface area contributed by atoms with Crippen molar-refractivity contribution in [2.45, 2.75) is 11.1 Å². The zero-order valence-corrected chi connectivity index (χ0v) is 8.02. The monoisotopic (exact) mass is 218 g/mol. The third-order valence-corrected chi connectivity index (χ3v) is 2.06. The molecule has 0 heterocycles. The van der Waals surface area contributed by atoms with Gasteiger partial charge < -0.3 is 5.98 Å². The molecule has 0 radical (unpaired) electrons. The van der Waals surface area contributed by atoms with Crippen molar-refractivity contribution in [3.8, 4) is 0 Å². The molecule has 2 nitrogen and oxygen atoms in total. The second-order valence-electron chi connectivity index (χ2n) is 2.27. The Hall–Kier alpha value is -0.283. The van der Waals surface area contributed by atoms with Crippen molar-refractivity contribution in [1.29, 1.82) is 0 Å². The van der Waals surface area contributed by atoms with Crippen LogP contribution in [0, 0.1) is 0 Å². The van der Waals surface area contributed by atoms with Crippen molar-refractivity contribution >= 4 is 11.1 Å². The summed E-state index contributed by atoms with van der Waals surface area (Å²) >= 11 is -2.23. The number of hydrogen-bond donors (Lipinski definition) is 1. The molecule has 0 aliphatic carbocycles. The molecule has 1 unspecified atom stereocenters. The van der Waals surface area contributed by atoms with Crippen LogP contribution in [0.1, 0.15) is 6.99 Å². The van der Waals surface area contributed by atoms with Crippen LogP contribution < -0.4 is 18.9 Å². The zero-order valence-electron chi connectivity index (χ0n) is 8.21. The minimum Gasteiger partial charge on any atom is -1.00 e. The van der Waals surface area contributed by atoms with E-state index in [0.717, 1.165) is 24.3 Å². The Bertz CT molecular complexity index is 328. The van der Waals surface area contributed by atoms with E-state index in [1.165, 1.54) is 0 Å². The summed E-state index contributed by atoms with van der Waals surface area (Å²) in [6.45, 7) is 0. The first kappa shape index (κ1) is 13.7. The van der Waals surface area contributed by atoms with Gasteiger partial charge in [0.15, 0.2) is 11.1 Å². The summed E-state index contributed by atoms with van der Waals surface area (Å²) in [5.41, 5.74) is -0.832. The van der Waals surface area contributed by atoms with Gasteiger partial charge in [0.2, 0.25) is 0 Å².